The van der Waals surface area contributed by atoms with Gasteiger partial charge in [-0.25, -0.2) is 0 Å². The van der Waals surface area contributed by atoms with E-state index in [1.165, 1.54) is 28.0 Å². The van der Waals surface area contributed by atoms with E-state index < -0.39 is 0 Å². The van der Waals surface area contributed by atoms with E-state index in [4.69, 9.17) is 0 Å². The predicted octanol–water partition coefficient (Wildman–Crippen LogP) is 3.21. The number of rotatable bonds is 2. The minimum atomic E-state index is 0.991. The molecule has 0 saturated heterocycles. The lowest BCUT2D eigenvalue weighted by atomic mass is 9.98. The fraction of sp³-hybridized carbons (Fsp3) is 0.267. The fourth-order valence-electron chi connectivity index (χ4n) is 2.55. The summed E-state index contributed by atoms with van der Waals surface area (Å²) < 4.78 is 0. The Labute approximate surface area is 101 Å². The molecule has 0 atom stereocenters. The third-order valence-corrected chi connectivity index (χ3v) is 3.58. The van der Waals surface area contributed by atoms with Crippen LogP contribution in [0, 0.1) is 13.8 Å². The Morgan fingerprint density at radius 2 is 2.06 bits per heavy atom. The van der Waals surface area contributed by atoms with Crippen molar-refractivity contribution in [2.75, 3.05) is 0 Å². The molecule has 0 saturated carbocycles. The van der Waals surface area contributed by atoms with Crippen LogP contribution >= 0.6 is 0 Å². The van der Waals surface area contributed by atoms with Crippen molar-refractivity contribution in [3.63, 3.8) is 0 Å². The molecular formula is C15H16N2. The average molecular weight is 224 g/mol. The van der Waals surface area contributed by atoms with Crippen LogP contribution in [0.2, 0.25) is 0 Å². The molecule has 2 heteroatoms. The molecule has 1 N–H and O–H groups in total. The van der Waals surface area contributed by atoms with Gasteiger partial charge >= 0.3 is 0 Å². The van der Waals surface area contributed by atoms with Crippen molar-refractivity contribution in [1.29, 1.82) is 0 Å². The molecule has 0 spiro atoms. The van der Waals surface area contributed by atoms with Gasteiger partial charge in [-0.1, -0.05) is 30.3 Å². The van der Waals surface area contributed by atoms with E-state index in [1.54, 1.807) is 0 Å². The molecule has 0 unspecified atom stereocenters. The molecule has 0 aliphatic heterocycles. The quantitative estimate of drug-likeness (QED) is 0.833. The zero-order valence-corrected chi connectivity index (χ0v) is 10.2. The van der Waals surface area contributed by atoms with Gasteiger partial charge in [0.2, 0.25) is 0 Å². The molecule has 0 radical (unpaired) electrons. The van der Waals surface area contributed by atoms with Gasteiger partial charge in [-0.3, -0.25) is 5.10 Å². The number of nitrogens with zero attached hydrogens (tertiary/aromatic N) is 1. The van der Waals surface area contributed by atoms with Crippen LogP contribution in [0.1, 0.15) is 28.1 Å². The third-order valence-electron chi connectivity index (χ3n) is 3.58. The van der Waals surface area contributed by atoms with E-state index in [-0.39, 0.29) is 0 Å². The molecule has 2 nitrogen and oxygen atoms in total. The zero-order chi connectivity index (χ0) is 11.8. The molecule has 0 bridgehead atoms. The monoisotopic (exact) mass is 224 g/mol. The Morgan fingerprint density at radius 1 is 1.24 bits per heavy atom. The SMILES string of the molecule is Cc1n[nH]c(C)c1CC1=CCc2ccccc21. The first-order valence-corrected chi connectivity index (χ1v) is 6.03. The van der Waals surface area contributed by atoms with Gasteiger partial charge < -0.3 is 0 Å². The highest BCUT2D eigenvalue weighted by Crippen LogP contribution is 2.30. The van der Waals surface area contributed by atoms with Crippen molar-refractivity contribution < 1.29 is 0 Å². The molecule has 86 valence electrons. The number of allylic oxidation sites excluding steroid dienone is 2. The van der Waals surface area contributed by atoms with Gasteiger partial charge in [-0.05, 0) is 37.0 Å². The summed E-state index contributed by atoms with van der Waals surface area (Å²) in [5.41, 5.74) is 7.94. The van der Waals surface area contributed by atoms with Crippen LogP contribution in [0.25, 0.3) is 5.57 Å². The van der Waals surface area contributed by atoms with Crippen LogP contribution < -0.4 is 0 Å². The van der Waals surface area contributed by atoms with Gasteiger partial charge in [0.25, 0.3) is 0 Å². The standard InChI is InChI=1S/C15H16N2/c1-10-15(11(2)17-16-10)9-13-8-7-12-5-3-4-6-14(12)13/h3-6,8H,7,9H2,1-2H3,(H,16,17). The second-order valence-corrected chi connectivity index (χ2v) is 4.68. The lowest BCUT2D eigenvalue weighted by molar-refractivity contribution is 1.02. The summed E-state index contributed by atoms with van der Waals surface area (Å²) in [6.07, 6.45) is 4.41. The van der Waals surface area contributed by atoms with E-state index in [0.29, 0.717) is 0 Å². The minimum Gasteiger partial charge on any atom is -0.282 e. The molecule has 2 aromatic rings. The van der Waals surface area contributed by atoms with Crippen LogP contribution in [-0.4, -0.2) is 10.2 Å². The van der Waals surface area contributed by atoms with Crippen LogP contribution in [-0.2, 0) is 12.8 Å². The van der Waals surface area contributed by atoms with Crippen LogP contribution in [0.15, 0.2) is 30.3 Å². The number of benzene rings is 1. The number of H-pyrrole nitrogens is 1. The topological polar surface area (TPSA) is 28.7 Å². The van der Waals surface area contributed by atoms with Gasteiger partial charge in [-0.2, -0.15) is 5.10 Å². The molecular weight excluding hydrogens is 208 g/mol. The molecule has 1 aromatic heterocycles. The summed E-state index contributed by atoms with van der Waals surface area (Å²) in [7, 11) is 0. The molecule has 17 heavy (non-hydrogen) atoms. The van der Waals surface area contributed by atoms with Crippen molar-refractivity contribution in [2.45, 2.75) is 26.7 Å². The maximum Gasteiger partial charge on any atom is 0.0629 e. The van der Waals surface area contributed by atoms with Crippen molar-refractivity contribution in [3.05, 3.63) is 58.4 Å². The van der Waals surface area contributed by atoms with Gasteiger partial charge in [0, 0.05) is 17.7 Å². The van der Waals surface area contributed by atoms with Crippen molar-refractivity contribution >= 4 is 5.57 Å². The highest BCUT2D eigenvalue weighted by molar-refractivity contribution is 5.74. The minimum absolute atomic E-state index is 0.991. The molecule has 1 aliphatic carbocycles. The van der Waals surface area contributed by atoms with E-state index in [1.807, 2.05) is 0 Å². The Hall–Kier alpha value is -1.83. The Kier molecular flexibility index (Phi) is 2.36. The second kappa shape index (κ2) is 3.88. The van der Waals surface area contributed by atoms with Crippen molar-refractivity contribution in [2.24, 2.45) is 0 Å². The summed E-state index contributed by atoms with van der Waals surface area (Å²) in [6, 6.07) is 8.67. The van der Waals surface area contributed by atoms with E-state index >= 15 is 0 Å². The normalized spacial score (nSPS) is 13.6. The summed E-state index contributed by atoms with van der Waals surface area (Å²) in [5.74, 6) is 0. The lowest BCUT2D eigenvalue weighted by Gasteiger charge is -2.06. The van der Waals surface area contributed by atoms with Crippen LogP contribution in [0.4, 0.5) is 0 Å². The average Bonchev–Trinajstić information content (AvgIpc) is 2.88. The summed E-state index contributed by atoms with van der Waals surface area (Å²) in [6.45, 7) is 4.16. The zero-order valence-electron chi connectivity index (χ0n) is 10.2. The maximum absolute atomic E-state index is 4.26. The largest absolute Gasteiger partial charge is 0.282 e. The van der Waals surface area contributed by atoms with Gasteiger partial charge in [0.05, 0.1) is 5.69 Å². The number of nitrogens with one attached hydrogen (secondary N) is 1. The Balaban J connectivity index is 1.94. The number of aryl methyl sites for hydroxylation is 2. The maximum atomic E-state index is 4.26. The number of aromatic nitrogens is 2. The van der Waals surface area contributed by atoms with Gasteiger partial charge in [0.15, 0.2) is 0 Å². The fourth-order valence-corrected chi connectivity index (χ4v) is 2.55. The number of hydrogen-bond acceptors (Lipinski definition) is 1. The van der Waals surface area contributed by atoms with E-state index in [9.17, 15) is 0 Å². The predicted molar refractivity (Wildman–Crippen MR) is 69.9 cm³/mol. The summed E-state index contributed by atoms with van der Waals surface area (Å²) >= 11 is 0. The Morgan fingerprint density at radius 3 is 2.82 bits per heavy atom. The molecule has 1 heterocycles. The molecule has 1 aromatic carbocycles. The van der Waals surface area contributed by atoms with E-state index in [0.717, 1.165) is 18.5 Å². The van der Waals surface area contributed by atoms with Crippen molar-refractivity contribution in [1.82, 2.24) is 10.2 Å². The number of aromatic amines is 1. The number of hydrogen-bond donors (Lipinski definition) is 1. The lowest BCUT2D eigenvalue weighted by Crippen LogP contribution is -1.92. The first-order chi connectivity index (χ1) is 8.25. The van der Waals surface area contributed by atoms with Crippen LogP contribution in [0.3, 0.4) is 0 Å². The van der Waals surface area contributed by atoms with Gasteiger partial charge in [-0.15, -0.1) is 0 Å². The van der Waals surface area contributed by atoms with Crippen LogP contribution in [0.5, 0.6) is 0 Å². The summed E-state index contributed by atoms with van der Waals surface area (Å²) in [4.78, 5) is 0. The number of fused-ring (bicyclic) bond motifs is 1. The first-order valence-electron chi connectivity index (χ1n) is 6.03. The smallest absolute Gasteiger partial charge is 0.0629 e. The van der Waals surface area contributed by atoms with Gasteiger partial charge in [0.1, 0.15) is 0 Å². The first kappa shape index (κ1) is 10.3. The highest BCUT2D eigenvalue weighted by Gasteiger charge is 2.16. The van der Waals surface area contributed by atoms with Crippen molar-refractivity contribution in [3.8, 4) is 0 Å². The second-order valence-electron chi connectivity index (χ2n) is 4.68. The third kappa shape index (κ3) is 1.70. The molecule has 1 aliphatic rings. The molecule has 3 rings (SSSR count). The molecule has 0 fully saturated rings. The molecule has 0 amide bonds. The van der Waals surface area contributed by atoms with E-state index in [2.05, 4.69) is 54.4 Å². The summed E-state index contributed by atoms with van der Waals surface area (Å²) in [5, 5.41) is 7.32. The Bertz CT molecular complexity index is 571. The highest BCUT2D eigenvalue weighted by atomic mass is 15.1.